The Labute approximate surface area is 134 Å². The van der Waals surface area contributed by atoms with Crippen LogP contribution in [0.2, 0.25) is 5.02 Å². The normalized spacial score (nSPS) is 11.6. The fourth-order valence-electron chi connectivity index (χ4n) is 1.80. The highest BCUT2D eigenvalue weighted by atomic mass is 35.5. The summed E-state index contributed by atoms with van der Waals surface area (Å²) in [5.74, 6) is 1.52. The van der Waals surface area contributed by atoms with Crippen LogP contribution in [-0.2, 0) is 4.79 Å². The number of nitrogens with one attached hydrogen (secondary N) is 1. The number of benzene rings is 1. The number of ether oxygens (including phenoxy) is 2. The van der Waals surface area contributed by atoms with Crippen LogP contribution < -0.4 is 14.8 Å². The van der Waals surface area contributed by atoms with Crippen LogP contribution in [0.15, 0.2) is 42.6 Å². The molecule has 0 spiro atoms. The second-order valence-electron chi connectivity index (χ2n) is 4.54. The minimum Gasteiger partial charge on any atom is -0.497 e. The van der Waals surface area contributed by atoms with Crippen molar-refractivity contribution in [2.75, 3.05) is 12.4 Å². The first-order chi connectivity index (χ1) is 10.6. The summed E-state index contributed by atoms with van der Waals surface area (Å²) < 4.78 is 10.8. The number of hydrogen-bond donors (Lipinski definition) is 1. The van der Waals surface area contributed by atoms with Crippen LogP contribution in [0.1, 0.15) is 13.3 Å². The van der Waals surface area contributed by atoms with Crippen molar-refractivity contribution >= 4 is 23.3 Å². The molecule has 0 unspecified atom stereocenters. The van der Waals surface area contributed by atoms with Crippen molar-refractivity contribution in [3.8, 4) is 11.5 Å². The molecule has 1 amide bonds. The molecule has 5 nitrogen and oxygen atoms in total. The molecule has 0 aliphatic rings. The zero-order valence-electron chi connectivity index (χ0n) is 12.4. The fraction of sp³-hybridized carbons (Fsp3) is 0.250. The molecule has 0 aliphatic heterocycles. The molecule has 1 N–H and O–H groups in total. The standard InChI is InChI=1S/C16H17ClN2O3/c1-3-14(22-13-7-5-12(21-2)6-8-13)16(20)19-15-9-4-11(17)10-18-15/h4-10,14H,3H2,1-2H3,(H,18,19,20)/t14-/m1/s1. The van der Waals surface area contributed by atoms with Gasteiger partial charge >= 0.3 is 0 Å². The van der Waals surface area contributed by atoms with Gasteiger partial charge < -0.3 is 14.8 Å². The summed E-state index contributed by atoms with van der Waals surface area (Å²) in [7, 11) is 1.59. The smallest absolute Gasteiger partial charge is 0.266 e. The number of carbonyl (C=O) groups excluding carboxylic acids is 1. The first kappa shape index (κ1) is 16.1. The Morgan fingerprint density at radius 3 is 2.45 bits per heavy atom. The number of hydrogen-bond acceptors (Lipinski definition) is 4. The Morgan fingerprint density at radius 1 is 1.23 bits per heavy atom. The first-order valence-electron chi connectivity index (χ1n) is 6.85. The van der Waals surface area contributed by atoms with Gasteiger partial charge in [-0.25, -0.2) is 4.98 Å². The van der Waals surface area contributed by atoms with Gasteiger partial charge in [0.15, 0.2) is 6.10 Å². The van der Waals surface area contributed by atoms with E-state index >= 15 is 0 Å². The maximum absolute atomic E-state index is 12.2. The van der Waals surface area contributed by atoms with Gasteiger partial charge in [0, 0.05) is 6.20 Å². The molecular weight excluding hydrogens is 304 g/mol. The number of rotatable bonds is 6. The van der Waals surface area contributed by atoms with Crippen molar-refractivity contribution in [3.63, 3.8) is 0 Å². The molecule has 1 aromatic heterocycles. The van der Waals surface area contributed by atoms with Crippen molar-refractivity contribution in [2.24, 2.45) is 0 Å². The Balaban J connectivity index is 2.00. The maximum atomic E-state index is 12.2. The summed E-state index contributed by atoms with van der Waals surface area (Å²) in [5, 5.41) is 3.22. The number of nitrogens with zero attached hydrogens (tertiary/aromatic N) is 1. The highest BCUT2D eigenvalue weighted by Gasteiger charge is 2.19. The third-order valence-electron chi connectivity index (χ3n) is 2.98. The summed E-state index contributed by atoms with van der Waals surface area (Å²) >= 11 is 5.76. The first-order valence-corrected chi connectivity index (χ1v) is 7.23. The van der Waals surface area contributed by atoms with Gasteiger partial charge in [-0.05, 0) is 42.8 Å². The lowest BCUT2D eigenvalue weighted by atomic mass is 10.2. The maximum Gasteiger partial charge on any atom is 0.266 e. The van der Waals surface area contributed by atoms with Crippen LogP contribution >= 0.6 is 11.6 Å². The molecule has 0 saturated carbocycles. The molecule has 2 rings (SSSR count). The second kappa shape index (κ2) is 7.66. The van der Waals surface area contributed by atoms with Gasteiger partial charge in [-0.2, -0.15) is 0 Å². The number of carbonyl (C=O) groups is 1. The number of methoxy groups -OCH3 is 1. The third kappa shape index (κ3) is 4.36. The monoisotopic (exact) mass is 320 g/mol. The average molecular weight is 321 g/mol. The van der Waals surface area contributed by atoms with E-state index in [4.69, 9.17) is 21.1 Å². The molecule has 1 atom stereocenters. The van der Waals surface area contributed by atoms with E-state index in [1.807, 2.05) is 6.92 Å². The lowest BCUT2D eigenvalue weighted by Crippen LogP contribution is -2.32. The van der Waals surface area contributed by atoms with Crippen molar-refractivity contribution in [1.29, 1.82) is 0 Å². The van der Waals surface area contributed by atoms with Crippen LogP contribution in [0.5, 0.6) is 11.5 Å². The van der Waals surface area contributed by atoms with E-state index in [1.165, 1.54) is 6.20 Å². The van der Waals surface area contributed by atoms with E-state index in [9.17, 15) is 4.79 Å². The summed E-state index contributed by atoms with van der Waals surface area (Å²) in [5.41, 5.74) is 0. The topological polar surface area (TPSA) is 60.5 Å². The average Bonchev–Trinajstić information content (AvgIpc) is 2.55. The zero-order valence-corrected chi connectivity index (χ0v) is 13.1. The predicted octanol–water partition coefficient (Wildman–Crippen LogP) is 3.54. The SMILES string of the molecule is CC[C@@H](Oc1ccc(OC)cc1)C(=O)Nc1ccc(Cl)cn1. The highest BCUT2D eigenvalue weighted by molar-refractivity contribution is 6.30. The summed E-state index contributed by atoms with van der Waals surface area (Å²) in [6.45, 7) is 1.88. The quantitative estimate of drug-likeness (QED) is 0.884. The van der Waals surface area contributed by atoms with Gasteiger partial charge in [-0.1, -0.05) is 18.5 Å². The van der Waals surface area contributed by atoms with E-state index in [1.54, 1.807) is 43.5 Å². The molecule has 22 heavy (non-hydrogen) atoms. The second-order valence-corrected chi connectivity index (χ2v) is 4.98. The Kier molecular flexibility index (Phi) is 5.61. The van der Waals surface area contributed by atoms with Gasteiger partial charge in [-0.3, -0.25) is 4.79 Å². The van der Waals surface area contributed by atoms with Crippen LogP contribution in [-0.4, -0.2) is 24.1 Å². The summed E-state index contributed by atoms with van der Waals surface area (Å²) in [6, 6.07) is 10.4. The summed E-state index contributed by atoms with van der Waals surface area (Å²) in [6.07, 6.45) is 1.40. The Bertz CT molecular complexity index is 614. The number of pyridine rings is 1. The molecule has 1 heterocycles. The number of amides is 1. The Hall–Kier alpha value is -2.27. The Morgan fingerprint density at radius 2 is 1.91 bits per heavy atom. The zero-order chi connectivity index (χ0) is 15.9. The van der Waals surface area contributed by atoms with Crippen LogP contribution in [0.3, 0.4) is 0 Å². The molecule has 2 aromatic rings. The molecule has 0 saturated heterocycles. The van der Waals surface area contributed by atoms with E-state index in [-0.39, 0.29) is 5.91 Å². The van der Waals surface area contributed by atoms with Gasteiger partial charge in [0.25, 0.3) is 5.91 Å². The third-order valence-corrected chi connectivity index (χ3v) is 3.20. The molecule has 116 valence electrons. The van der Waals surface area contributed by atoms with Crippen LogP contribution in [0.25, 0.3) is 0 Å². The van der Waals surface area contributed by atoms with Crippen molar-refractivity contribution in [1.82, 2.24) is 4.98 Å². The molecule has 6 heteroatoms. The fourth-order valence-corrected chi connectivity index (χ4v) is 1.91. The molecule has 0 aliphatic carbocycles. The molecule has 0 fully saturated rings. The number of anilines is 1. The molecule has 0 bridgehead atoms. The molecule has 0 radical (unpaired) electrons. The summed E-state index contributed by atoms with van der Waals surface area (Å²) in [4.78, 5) is 16.3. The van der Waals surface area contributed by atoms with Crippen LogP contribution in [0, 0.1) is 0 Å². The molecular formula is C16H17ClN2O3. The van der Waals surface area contributed by atoms with Crippen LogP contribution in [0.4, 0.5) is 5.82 Å². The van der Waals surface area contributed by atoms with E-state index in [0.29, 0.717) is 23.0 Å². The van der Waals surface area contributed by atoms with E-state index < -0.39 is 6.10 Å². The minimum absolute atomic E-state index is 0.256. The van der Waals surface area contributed by atoms with E-state index in [0.717, 1.165) is 5.75 Å². The lowest BCUT2D eigenvalue weighted by molar-refractivity contribution is -0.122. The largest absolute Gasteiger partial charge is 0.497 e. The predicted molar refractivity (Wildman–Crippen MR) is 85.6 cm³/mol. The van der Waals surface area contributed by atoms with Crippen molar-refractivity contribution in [3.05, 3.63) is 47.6 Å². The van der Waals surface area contributed by atoms with Gasteiger partial charge in [-0.15, -0.1) is 0 Å². The number of aromatic nitrogens is 1. The number of halogens is 1. The van der Waals surface area contributed by atoms with E-state index in [2.05, 4.69) is 10.3 Å². The van der Waals surface area contributed by atoms with Gasteiger partial charge in [0.05, 0.1) is 12.1 Å². The van der Waals surface area contributed by atoms with Crippen molar-refractivity contribution in [2.45, 2.75) is 19.4 Å². The minimum atomic E-state index is -0.606. The van der Waals surface area contributed by atoms with Crippen molar-refractivity contribution < 1.29 is 14.3 Å². The van der Waals surface area contributed by atoms with Gasteiger partial charge in [0.2, 0.25) is 0 Å². The van der Waals surface area contributed by atoms with Gasteiger partial charge in [0.1, 0.15) is 17.3 Å². The highest BCUT2D eigenvalue weighted by Crippen LogP contribution is 2.19. The lowest BCUT2D eigenvalue weighted by Gasteiger charge is -2.17. The molecule has 1 aromatic carbocycles.